The highest BCUT2D eigenvalue weighted by atomic mass is 32.1. The van der Waals surface area contributed by atoms with E-state index in [-0.39, 0.29) is 10.8 Å². The predicted molar refractivity (Wildman–Crippen MR) is 89.7 cm³/mol. The molecule has 0 unspecified atom stereocenters. The number of fused-ring (bicyclic) bond motifs is 1. The van der Waals surface area contributed by atoms with Crippen molar-refractivity contribution in [3.63, 3.8) is 0 Å². The van der Waals surface area contributed by atoms with Crippen LogP contribution in [0.4, 0.5) is 5.69 Å². The molecule has 23 heavy (non-hydrogen) atoms. The third-order valence-corrected chi connectivity index (χ3v) is 4.53. The van der Waals surface area contributed by atoms with E-state index in [9.17, 15) is 9.59 Å². The minimum atomic E-state index is -0.979. The number of aromatic carboxylic acids is 1. The molecule has 6 heteroatoms. The van der Waals surface area contributed by atoms with Gasteiger partial charge in [-0.05, 0) is 29.7 Å². The minimum Gasteiger partial charge on any atom is -0.496 e. The fourth-order valence-corrected chi connectivity index (χ4v) is 3.26. The number of rotatable bonds is 4. The largest absolute Gasteiger partial charge is 0.496 e. The molecule has 3 rings (SSSR count). The lowest BCUT2D eigenvalue weighted by atomic mass is 10.1. The number of methoxy groups -OCH3 is 1. The molecule has 1 amide bonds. The number of benzene rings is 2. The van der Waals surface area contributed by atoms with Gasteiger partial charge >= 0.3 is 5.97 Å². The third kappa shape index (κ3) is 2.89. The first-order valence-electron chi connectivity index (χ1n) is 6.80. The second kappa shape index (κ2) is 6.10. The van der Waals surface area contributed by atoms with Gasteiger partial charge in [0.15, 0.2) is 0 Å². The van der Waals surface area contributed by atoms with Crippen molar-refractivity contribution in [2.45, 2.75) is 0 Å². The topological polar surface area (TPSA) is 75.6 Å². The van der Waals surface area contributed by atoms with Crippen molar-refractivity contribution >= 4 is 39.0 Å². The molecule has 116 valence electrons. The van der Waals surface area contributed by atoms with Gasteiger partial charge in [0, 0.05) is 0 Å². The number of hydrogen-bond donors (Lipinski definition) is 2. The molecule has 0 saturated heterocycles. The van der Waals surface area contributed by atoms with E-state index in [1.54, 1.807) is 42.5 Å². The third-order valence-electron chi connectivity index (χ3n) is 3.35. The van der Waals surface area contributed by atoms with E-state index in [0.29, 0.717) is 17.0 Å². The minimum absolute atomic E-state index is 0.235. The summed E-state index contributed by atoms with van der Waals surface area (Å²) in [6.07, 6.45) is 0. The van der Waals surface area contributed by atoms with Crippen LogP contribution in [-0.2, 0) is 0 Å². The van der Waals surface area contributed by atoms with Crippen molar-refractivity contribution in [3.05, 3.63) is 59.0 Å². The molecule has 2 N–H and O–H groups in total. The molecular weight excluding hydrogens is 314 g/mol. The van der Waals surface area contributed by atoms with Gasteiger partial charge in [0.25, 0.3) is 5.91 Å². The number of anilines is 1. The second-order valence-electron chi connectivity index (χ2n) is 4.79. The molecule has 1 aromatic heterocycles. The average molecular weight is 327 g/mol. The van der Waals surface area contributed by atoms with E-state index in [2.05, 4.69) is 5.32 Å². The normalized spacial score (nSPS) is 10.5. The number of amides is 1. The van der Waals surface area contributed by atoms with Crippen LogP contribution in [0.2, 0.25) is 0 Å². The van der Waals surface area contributed by atoms with Crippen LogP contribution in [0.15, 0.2) is 48.5 Å². The van der Waals surface area contributed by atoms with E-state index in [1.807, 2.05) is 6.07 Å². The molecule has 0 atom stereocenters. The Balaban J connectivity index is 1.98. The highest BCUT2D eigenvalue weighted by Gasteiger charge is 2.15. The van der Waals surface area contributed by atoms with Crippen molar-refractivity contribution in [2.75, 3.05) is 12.4 Å². The zero-order valence-electron chi connectivity index (χ0n) is 12.2. The molecule has 3 aromatic rings. The number of ether oxygens (including phenoxy) is 1. The molecule has 0 aliphatic rings. The number of carbonyl (C=O) groups excluding carboxylic acids is 1. The first-order valence-corrected chi connectivity index (χ1v) is 7.62. The van der Waals surface area contributed by atoms with Crippen LogP contribution in [0.3, 0.4) is 0 Å². The van der Waals surface area contributed by atoms with Crippen LogP contribution >= 0.6 is 11.3 Å². The molecule has 0 spiro atoms. The fraction of sp³-hybridized carbons (Fsp3) is 0.0588. The lowest BCUT2D eigenvalue weighted by Crippen LogP contribution is -2.13. The molecular formula is C17H13NO4S. The van der Waals surface area contributed by atoms with Gasteiger partial charge in [-0.15, -0.1) is 11.3 Å². The summed E-state index contributed by atoms with van der Waals surface area (Å²) in [5, 5.41) is 12.7. The number of hydrogen-bond acceptors (Lipinski definition) is 4. The molecule has 2 aromatic carbocycles. The van der Waals surface area contributed by atoms with Crippen LogP contribution in [0.1, 0.15) is 20.0 Å². The molecule has 0 aliphatic heterocycles. The Morgan fingerprint density at radius 3 is 2.65 bits per heavy atom. The SMILES string of the molecule is COc1ccccc1C(=O)Nc1cccc2cc(C(=O)O)sc12. The standard InChI is InChI=1S/C17H13NO4S/c1-22-13-8-3-2-6-11(13)16(19)18-12-7-4-5-10-9-14(17(20)21)23-15(10)12/h2-9H,1H3,(H,18,19)(H,20,21). The summed E-state index contributed by atoms with van der Waals surface area (Å²) in [4.78, 5) is 23.8. The smallest absolute Gasteiger partial charge is 0.345 e. The molecule has 0 fully saturated rings. The average Bonchev–Trinajstić information content (AvgIpc) is 3.00. The number of carboxylic acid groups (broad SMARTS) is 1. The summed E-state index contributed by atoms with van der Waals surface area (Å²) in [7, 11) is 1.51. The quantitative estimate of drug-likeness (QED) is 0.763. The summed E-state index contributed by atoms with van der Waals surface area (Å²) >= 11 is 1.13. The van der Waals surface area contributed by atoms with Crippen molar-refractivity contribution in [1.29, 1.82) is 0 Å². The van der Waals surface area contributed by atoms with Gasteiger partial charge in [0.05, 0.1) is 23.1 Å². The van der Waals surface area contributed by atoms with Crippen molar-refractivity contribution in [3.8, 4) is 5.75 Å². The highest BCUT2D eigenvalue weighted by molar-refractivity contribution is 7.21. The Morgan fingerprint density at radius 1 is 1.13 bits per heavy atom. The fourth-order valence-electron chi connectivity index (χ4n) is 2.29. The van der Waals surface area contributed by atoms with E-state index in [1.165, 1.54) is 7.11 Å². The Kier molecular flexibility index (Phi) is 3.99. The van der Waals surface area contributed by atoms with Crippen LogP contribution in [0.25, 0.3) is 10.1 Å². The number of nitrogens with one attached hydrogen (secondary N) is 1. The number of carbonyl (C=O) groups is 2. The molecule has 1 heterocycles. The Labute approximate surface area is 136 Å². The maximum Gasteiger partial charge on any atom is 0.345 e. The van der Waals surface area contributed by atoms with Crippen LogP contribution in [-0.4, -0.2) is 24.1 Å². The Hall–Kier alpha value is -2.86. The highest BCUT2D eigenvalue weighted by Crippen LogP contribution is 2.32. The number of carboxylic acids is 1. The maximum absolute atomic E-state index is 12.5. The van der Waals surface area contributed by atoms with Gasteiger partial charge in [-0.1, -0.05) is 24.3 Å². The molecule has 5 nitrogen and oxygen atoms in total. The zero-order valence-corrected chi connectivity index (χ0v) is 13.0. The molecule has 0 aliphatic carbocycles. The number of thiophene rings is 1. The summed E-state index contributed by atoms with van der Waals surface area (Å²) in [6, 6.07) is 13.9. The predicted octanol–water partition coefficient (Wildman–Crippen LogP) is 3.86. The number of para-hydroxylation sites is 1. The first kappa shape index (κ1) is 15.1. The van der Waals surface area contributed by atoms with Crippen molar-refractivity contribution in [1.82, 2.24) is 0 Å². The lowest BCUT2D eigenvalue weighted by molar-refractivity contribution is 0.0702. The van der Waals surface area contributed by atoms with E-state index >= 15 is 0 Å². The van der Waals surface area contributed by atoms with Crippen LogP contribution in [0.5, 0.6) is 5.75 Å². The summed E-state index contributed by atoms with van der Waals surface area (Å²) in [5.41, 5.74) is 0.998. The van der Waals surface area contributed by atoms with Gasteiger partial charge in [-0.25, -0.2) is 4.79 Å². The zero-order chi connectivity index (χ0) is 16.4. The maximum atomic E-state index is 12.5. The Bertz CT molecular complexity index is 900. The van der Waals surface area contributed by atoms with E-state index in [4.69, 9.17) is 9.84 Å². The second-order valence-corrected chi connectivity index (χ2v) is 5.85. The van der Waals surface area contributed by atoms with Crippen LogP contribution < -0.4 is 10.1 Å². The van der Waals surface area contributed by atoms with Crippen molar-refractivity contribution in [2.24, 2.45) is 0 Å². The van der Waals surface area contributed by atoms with Gasteiger partial charge < -0.3 is 15.2 Å². The Morgan fingerprint density at radius 2 is 1.91 bits per heavy atom. The molecule has 0 bridgehead atoms. The monoisotopic (exact) mass is 327 g/mol. The molecule has 0 saturated carbocycles. The van der Waals surface area contributed by atoms with Gasteiger partial charge in [0.1, 0.15) is 10.6 Å². The summed E-state index contributed by atoms with van der Waals surface area (Å²) in [5.74, 6) is -0.803. The van der Waals surface area contributed by atoms with Gasteiger partial charge in [-0.3, -0.25) is 4.79 Å². The van der Waals surface area contributed by atoms with Gasteiger partial charge in [-0.2, -0.15) is 0 Å². The van der Waals surface area contributed by atoms with Gasteiger partial charge in [0.2, 0.25) is 0 Å². The first-order chi connectivity index (χ1) is 11.1. The van der Waals surface area contributed by atoms with E-state index in [0.717, 1.165) is 21.4 Å². The van der Waals surface area contributed by atoms with E-state index < -0.39 is 5.97 Å². The van der Waals surface area contributed by atoms with Crippen molar-refractivity contribution < 1.29 is 19.4 Å². The summed E-state index contributed by atoms with van der Waals surface area (Å²) in [6.45, 7) is 0. The lowest BCUT2D eigenvalue weighted by Gasteiger charge is -2.09. The summed E-state index contributed by atoms with van der Waals surface area (Å²) < 4.78 is 5.92. The van der Waals surface area contributed by atoms with Crippen LogP contribution in [0, 0.1) is 0 Å². The molecule has 0 radical (unpaired) electrons.